The van der Waals surface area contributed by atoms with Crippen LogP contribution in [0.3, 0.4) is 0 Å². The largest absolute Gasteiger partial charge is 0.466 e. The standard InChI is InChI=1S/C53H101NO5/c1-3-5-7-9-11-13-15-26-29-33-37-41-45-51(56)50(49-55)54-52(57)46-42-38-34-30-27-23-21-19-17-16-18-20-22-24-28-32-36-40-44-48-59-53(58)47-43-39-35-31-25-14-12-10-8-6-4-2/h10,12,16-17,50-51,55-56H,3-9,11,13-15,18-49H2,1-2H3,(H,54,57)/b12-10-,17-16-. The van der Waals surface area contributed by atoms with Crippen LogP contribution in [0.15, 0.2) is 24.3 Å². The molecule has 59 heavy (non-hydrogen) atoms. The van der Waals surface area contributed by atoms with Crippen LogP contribution in [0, 0.1) is 0 Å². The molecule has 6 nitrogen and oxygen atoms in total. The number of ether oxygens (including phenoxy) is 1. The Bertz CT molecular complexity index is 920. The van der Waals surface area contributed by atoms with Crippen molar-refractivity contribution in [2.45, 2.75) is 289 Å². The summed E-state index contributed by atoms with van der Waals surface area (Å²) in [6, 6.07) is -0.547. The van der Waals surface area contributed by atoms with Crippen LogP contribution in [0.4, 0.5) is 0 Å². The number of amides is 1. The van der Waals surface area contributed by atoms with Gasteiger partial charge in [-0.15, -0.1) is 0 Å². The Morgan fingerprint density at radius 3 is 1.25 bits per heavy atom. The number of aliphatic hydroxyl groups is 2. The molecule has 348 valence electrons. The van der Waals surface area contributed by atoms with Gasteiger partial charge in [0.15, 0.2) is 0 Å². The number of nitrogens with one attached hydrogen (secondary N) is 1. The van der Waals surface area contributed by atoms with E-state index in [1.807, 2.05) is 0 Å². The Balaban J connectivity index is 3.44. The maximum absolute atomic E-state index is 12.4. The van der Waals surface area contributed by atoms with Gasteiger partial charge in [-0.25, -0.2) is 0 Å². The number of rotatable bonds is 48. The van der Waals surface area contributed by atoms with Crippen molar-refractivity contribution in [3.05, 3.63) is 24.3 Å². The highest BCUT2D eigenvalue weighted by molar-refractivity contribution is 5.76. The molecule has 0 saturated carbocycles. The van der Waals surface area contributed by atoms with Crippen LogP contribution < -0.4 is 5.32 Å². The van der Waals surface area contributed by atoms with E-state index in [0.717, 1.165) is 44.9 Å². The van der Waals surface area contributed by atoms with Crippen molar-refractivity contribution in [2.24, 2.45) is 0 Å². The van der Waals surface area contributed by atoms with Gasteiger partial charge in [-0.3, -0.25) is 9.59 Å². The number of carbonyl (C=O) groups excluding carboxylic acids is 2. The lowest BCUT2D eigenvalue weighted by Gasteiger charge is -2.22. The van der Waals surface area contributed by atoms with Crippen molar-refractivity contribution in [1.29, 1.82) is 0 Å². The van der Waals surface area contributed by atoms with Gasteiger partial charge in [0, 0.05) is 12.8 Å². The minimum Gasteiger partial charge on any atom is -0.466 e. The number of carbonyl (C=O) groups is 2. The minimum absolute atomic E-state index is 0.00750. The smallest absolute Gasteiger partial charge is 0.305 e. The first-order chi connectivity index (χ1) is 29.0. The average Bonchev–Trinajstić information content (AvgIpc) is 3.24. The molecule has 0 radical (unpaired) electrons. The van der Waals surface area contributed by atoms with Gasteiger partial charge in [0.25, 0.3) is 0 Å². The zero-order valence-electron chi connectivity index (χ0n) is 39.5. The molecular formula is C53H101NO5. The summed E-state index contributed by atoms with van der Waals surface area (Å²) in [5.74, 6) is -0.0530. The molecule has 0 saturated heterocycles. The highest BCUT2D eigenvalue weighted by atomic mass is 16.5. The topological polar surface area (TPSA) is 95.9 Å². The van der Waals surface area contributed by atoms with Gasteiger partial charge in [-0.2, -0.15) is 0 Å². The fraction of sp³-hybridized carbons (Fsp3) is 0.887. The fourth-order valence-corrected chi connectivity index (χ4v) is 7.91. The lowest BCUT2D eigenvalue weighted by Crippen LogP contribution is -2.45. The summed E-state index contributed by atoms with van der Waals surface area (Å²) in [6.45, 7) is 4.89. The second-order valence-corrected chi connectivity index (χ2v) is 17.8. The number of aliphatic hydroxyl groups excluding tert-OH is 2. The molecule has 0 spiro atoms. The van der Waals surface area contributed by atoms with Crippen molar-refractivity contribution in [3.8, 4) is 0 Å². The molecular weight excluding hydrogens is 731 g/mol. The summed E-state index contributed by atoms with van der Waals surface area (Å²) in [4.78, 5) is 24.4. The Labute approximate surface area is 367 Å². The molecule has 0 aromatic rings. The maximum Gasteiger partial charge on any atom is 0.305 e. The van der Waals surface area contributed by atoms with Crippen molar-refractivity contribution in [1.82, 2.24) is 5.32 Å². The second kappa shape index (κ2) is 49.0. The van der Waals surface area contributed by atoms with Gasteiger partial charge in [0.1, 0.15) is 0 Å². The molecule has 0 aromatic heterocycles. The minimum atomic E-state index is -0.669. The number of unbranched alkanes of at least 4 members (excludes halogenated alkanes) is 33. The summed E-state index contributed by atoms with van der Waals surface area (Å²) in [5.41, 5.74) is 0. The monoisotopic (exact) mass is 832 g/mol. The molecule has 0 heterocycles. The highest BCUT2D eigenvalue weighted by Crippen LogP contribution is 2.16. The second-order valence-electron chi connectivity index (χ2n) is 17.8. The van der Waals surface area contributed by atoms with Gasteiger partial charge in [-0.05, 0) is 70.6 Å². The molecule has 3 N–H and O–H groups in total. The molecule has 1 amide bonds. The van der Waals surface area contributed by atoms with E-state index in [1.54, 1.807) is 0 Å². The molecule has 0 aliphatic heterocycles. The third kappa shape index (κ3) is 45.7. The van der Waals surface area contributed by atoms with E-state index in [0.29, 0.717) is 25.9 Å². The molecule has 0 aromatic carbocycles. The Kier molecular flexibility index (Phi) is 47.6. The van der Waals surface area contributed by atoms with Crippen molar-refractivity contribution < 1.29 is 24.5 Å². The Hall–Kier alpha value is -1.66. The number of hydrogen-bond donors (Lipinski definition) is 3. The van der Waals surface area contributed by atoms with Crippen LogP contribution in [0.25, 0.3) is 0 Å². The average molecular weight is 832 g/mol. The van der Waals surface area contributed by atoms with Crippen molar-refractivity contribution in [2.75, 3.05) is 13.2 Å². The first kappa shape index (κ1) is 57.3. The zero-order chi connectivity index (χ0) is 43.0. The van der Waals surface area contributed by atoms with Crippen LogP contribution in [0.2, 0.25) is 0 Å². The van der Waals surface area contributed by atoms with E-state index in [-0.39, 0.29) is 18.5 Å². The maximum atomic E-state index is 12.4. The van der Waals surface area contributed by atoms with Crippen molar-refractivity contribution in [3.63, 3.8) is 0 Å². The first-order valence-corrected chi connectivity index (χ1v) is 26.1. The van der Waals surface area contributed by atoms with Gasteiger partial charge in [0.2, 0.25) is 5.91 Å². The lowest BCUT2D eigenvalue weighted by molar-refractivity contribution is -0.143. The molecule has 0 rings (SSSR count). The summed E-state index contributed by atoms with van der Waals surface area (Å²) < 4.78 is 5.44. The highest BCUT2D eigenvalue weighted by Gasteiger charge is 2.20. The predicted molar refractivity (Wildman–Crippen MR) is 255 cm³/mol. The van der Waals surface area contributed by atoms with Crippen LogP contribution >= 0.6 is 0 Å². The SMILES string of the molecule is CCCC/C=C\CCCCCCCC(=O)OCCCCCCCCCC/C=C\CCCCCCCCCC(=O)NC(CO)C(O)CCCCCCCCCCCCCC. The first-order valence-electron chi connectivity index (χ1n) is 26.1. The van der Waals surface area contributed by atoms with E-state index in [9.17, 15) is 19.8 Å². The van der Waals surface area contributed by atoms with Crippen LogP contribution in [0.5, 0.6) is 0 Å². The van der Waals surface area contributed by atoms with E-state index in [1.165, 1.54) is 199 Å². The van der Waals surface area contributed by atoms with E-state index in [2.05, 4.69) is 43.5 Å². The molecule has 0 aliphatic rings. The molecule has 0 aliphatic carbocycles. The zero-order valence-corrected chi connectivity index (χ0v) is 39.5. The summed E-state index contributed by atoms with van der Waals surface area (Å²) in [6.07, 6.45) is 57.2. The van der Waals surface area contributed by atoms with Crippen LogP contribution in [-0.2, 0) is 14.3 Å². The van der Waals surface area contributed by atoms with Gasteiger partial charge >= 0.3 is 5.97 Å². The third-order valence-electron chi connectivity index (χ3n) is 12.0. The van der Waals surface area contributed by atoms with Crippen LogP contribution in [0.1, 0.15) is 277 Å². The number of esters is 1. The molecule has 0 bridgehead atoms. The van der Waals surface area contributed by atoms with E-state index >= 15 is 0 Å². The molecule has 6 heteroatoms. The van der Waals surface area contributed by atoms with Crippen LogP contribution in [-0.4, -0.2) is 47.4 Å². The fourth-order valence-electron chi connectivity index (χ4n) is 7.91. The number of allylic oxidation sites excluding steroid dienone is 4. The third-order valence-corrected chi connectivity index (χ3v) is 12.0. The Morgan fingerprint density at radius 2 is 0.814 bits per heavy atom. The molecule has 2 unspecified atom stereocenters. The predicted octanol–water partition coefficient (Wildman–Crippen LogP) is 15.5. The van der Waals surface area contributed by atoms with Gasteiger partial charge < -0.3 is 20.3 Å². The van der Waals surface area contributed by atoms with Gasteiger partial charge in [-0.1, -0.05) is 218 Å². The van der Waals surface area contributed by atoms with Gasteiger partial charge in [0.05, 0.1) is 25.4 Å². The molecule has 2 atom stereocenters. The Morgan fingerprint density at radius 1 is 0.458 bits per heavy atom. The van der Waals surface area contributed by atoms with E-state index < -0.39 is 12.1 Å². The van der Waals surface area contributed by atoms with E-state index in [4.69, 9.17) is 4.74 Å². The lowest BCUT2D eigenvalue weighted by atomic mass is 10.0. The summed E-state index contributed by atoms with van der Waals surface area (Å²) in [7, 11) is 0. The quantitative estimate of drug-likeness (QED) is 0.0322. The van der Waals surface area contributed by atoms with Crippen molar-refractivity contribution >= 4 is 11.9 Å². The summed E-state index contributed by atoms with van der Waals surface area (Å²) >= 11 is 0. The summed E-state index contributed by atoms with van der Waals surface area (Å²) in [5, 5.41) is 23.2. The molecule has 0 fully saturated rings. The number of hydrogen-bond acceptors (Lipinski definition) is 5. The normalized spacial score (nSPS) is 12.8.